The average molecular weight is 419 g/mol. The minimum Gasteiger partial charge on any atom is -0.378 e. The number of hydrogen-bond donors (Lipinski definition) is 1. The molecular formula is C16H17F4N5O2S. The van der Waals surface area contributed by atoms with Gasteiger partial charge < -0.3 is 15.4 Å². The Labute approximate surface area is 161 Å². The molecule has 1 aromatic carbocycles. The van der Waals surface area contributed by atoms with Crippen LogP contribution in [0.25, 0.3) is 0 Å². The number of morpholine rings is 1. The van der Waals surface area contributed by atoms with Gasteiger partial charge in [-0.05, 0) is 17.7 Å². The van der Waals surface area contributed by atoms with Crippen molar-refractivity contribution in [2.24, 2.45) is 5.73 Å². The van der Waals surface area contributed by atoms with Crippen molar-refractivity contribution in [1.29, 1.82) is 0 Å². The van der Waals surface area contributed by atoms with Crippen molar-refractivity contribution in [1.82, 2.24) is 14.8 Å². The first-order chi connectivity index (χ1) is 13.2. The zero-order valence-electron chi connectivity index (χ0n) is 14.5. The van der Waals surface area contributed by atoms with Crippen molar-refractivity contribution in [2.45, 2.75) is 23.1 Å². The fourth-order valence-electron chi connectivity index (χ4n) is 2.72. The van der Waals surface area contributed by atoms with Crippen molar-refractivity contribution < 1.29 is 27.1 Å². The molecule has 152 valence electrons. The van der Waals surface area contributed by atoms with Crippen LogP contribution in [-0.2, 0) is 16.1 Å². The molecule has 1 fully saturated rings. The first-order valence-corrected chi connectivity index (χ1v) is 9.16. The van der Waals surface area contributed by atoms with E-state index >= 15 is 0 Å². The predicted molar refractivity (Wildman–Crippen MR) is 93.3 cm³/mol. The van der Waals surface area contributed by atoms with Crippen LogP contribution in [0.15, 0.2) is 29.4 Å². The lowest BCUT2D eigenvalue weighted by atomic mass is 10.1. The lowest BCUT2D eigenvalue weighted by Gasteiger charge is -2.28. The van der Waals surface area contributed by atoms with Crippen LogP contribution in [0, 0.1) is 5.82 Å². The van der Waals surface area contributed by atoms with Crippen LogP contribution in [0.2, 0.25) is 0 Å². The van der Waals surface area contributed by atoms with Gasteiger partial charge in [-0.1, -0.05) is 23.9 Å². The van der Waals surface area contributed by atoms with Crippen LogP contribution >= 0.6 is 11.8 Å². The Morgan fingerprint density at radius 1 is 1.21 bits per heavy atom. The molecule has 0 bridgehead atoms. The topological polar surface area (TPSA) is 86.3 Å². The molecule has 1 aliphatic heterocycles. The highest BCUT2D eigenvalue weighted by molar-refractivity contribution is 8.00. The third-order valence-corrected chi connectivity index (χ3v) is 5.24. The summed E-state index contributed by atoms with van der Waals surface area (Å²) in [6.07, 6.45) is -4.52. The standard InChI is InChI=1S/C16H17F4N5O2S/c17-11-3-1-10(2-4-11)12(13(21)26)28-15-23-22-14(24-5-7-27-8-6-24)25(15)9-16(18,19)20/h1-4,12H,5-9H2,(H2,21,26). The van der Waals surface area contributed by atoms with Gasteiger partial charge in [-0.2, -0.15) is 13.2 Å². The summed E-state index contributed by atoms with van der Waals surface area (Å²) in [6.45, 7) is 0.154. The van der Waals surface area contributed by atoms with E-state index in [-0.39, 0.29) is 11.1 Å². The number of halogens is 4. The van der Waals surface area contributed by atoms with E-state index in [0.29, 0.717) is 31.9 Å². The summed E-state index contributed by atoms with van der Waals surface area (Å²) in [5, 5.41) is 6.60. The number of nitrogens with two attached hydrogens (primary N) is 1. The second-order valence-electron chi connectivity index (χ2n) is 6.04. The normalized spacial score (nSPS) is 16.2. The molecule has 1 aromatic heterocycles. The molecule has 1 unspecified atom stereocenters. The summed E-state index contributed by atoms with van der Waals surface area (Å²) in [5.41, 5.74) is 5.78. The lowest BCUT2D eigenvalue weighted by molar-refractivity contribution is -0.141. The Morgan fingerprint density at radius 2 is 1.86 bits per heavy atom. The Kier molecular flexibility index (Phi) is 6.08. The third kappa shape index (κ3) is 4.93. The Balaban J connectivity index is 1.93. The summed E-state index contributed by atoms with van der Waals surface area (Å²) in [4.78, 5) is 13.5. The van der Waals surface area contributed by atoms with E-state index in [0.717, 1.165) is 28.5 Å². The molecule has 0 spiro atoms. The fourth-order valence-corrected chi connectivity index (χ4v) is 3.70. The molecule has 2 heterocycles. The number of rotatable bonds is 6. The van der Waals surface area contributed by atoms with Gasteiger partial charge in [-0.3, -0.25) is 9.36 Å². The number of benzene rings is 1. The van der Waals surface area contributed by atoms with Gasteiger partial charge in [0.25, 0.3) is 0 Å². The second-order valence-corrected chi connectivity index (χ2v) is 7.11. The lowest BCUT2D eigenvalue weighted by Crippen LogP contribution is -2.38. The van der Waals surface area contributed by atoms with E-state index in [1.165, 1.54) is 12.1 Å². The zero-order chi connectivity index (χ0) is 20.3. The van der Waals surface area contributed by atoms with Crippen molar-refractivity contribution in [3.8, 4) is 0 Å². The highest BCUT2D eigenvalue weighted by Crippen LogP contribution is 2.37. The van der Waals surface area contributed by atoms with Crippen LogP contribution in [0.4, 0.5) is 23.5 Å². The van der Waals surface area contributed by atoms with E-state index in [4.69, 9.17) is 10.5 Å². The first kappa shape index (κ1) is 20.4. The van der Waals surface area contributed by atoms with Gasteiger partial charge in [0.15, 0.2) is 5.16 Å². The SMILES string of the molecule is NC(=O)C(Sc1nnc(N2CCOCC2)n1CC(F)(F)F)c1ccc(F)cc1. The summed E-state index contributed by atoms with van der Waals surface area (Å²) in [6, 6.07) is 4.99. The van der Waals surface area contributed by atoms with Gasteiger partial charge in [-0.25, -0.2) is 4.39 Å². The molecule has 3 rings (SSSR count). The van der Waals surface area contributed by atoms with Gasteiger partial charge in [0.05, 0.1) is 13.2 Å². The van der Waals surface area contributed by atoms with Crippen LogP contribution in [0.1, 0.15) is 10.8 Å². The Hall–Kier alpha value is -2.34. The third-order valence-electron chi connectivity index (χ3n) is 3.98. The molecule has 0 aliphatic carbocycles. The number of amides is 1. The maximum absolute atomic E-state index is 13.1. The van der Waals surface area contributed by atoms with E-state index in [2.05, 4.69) is 10.2 Å². The number of aromatic nitrogens is 3. The molecule has 1 aliphatic rings. The molecule has 2 N–H and O–H groups in total. The average Bonchev–Trinajstić information content (AvgIpc) is 3.01. The predicted octanol–water partition coefficient (Wildman–Crippen LogP) is 2.13. The number of ether oxygens (including phenoxy) is 1. The number of alkyl halides is 3. The maximum atomic E-state index is 13.1. The number of thioether (sulfide) groups is 1. The number of anilines is 1. The molecule has 12 heteroatoms. The number of nitrogens with zero attached hydrogens (tertiary/aromatic N) is 4. The Bertz CT molecular complexity index is 821. The summed E-state index contributed by atoms with van der Waals surface area (Å²) in [5.74, 6) is -1.25. The van der Waals surface area contributed by atoms with E-state index < -0.39 is 29.7 Å². The minimum atomic E-state index is -4.52. The second kappa shape index (κ2) is 8.35. The fraction of sp³-hybridized carbons (Fsp3) is 0.438. The van der Waals surface area contributed by atoms with Gasteiger partial charge in [0.1, 0.15) is 17.6 Å². The Morgan fingerprint density at radius 3 is 2.43 bits per heavy atom. The molecule has 1 saturated heterocycles. The summed E-state index contributed by atoms with van der Waals surface area (Å²) < 4.78 is 58.7. The van der Waals surface area contributed by atoms with E-state index in [9.17, 15) is 22.4 Å². The number of carbonyl (C=O) groups excluding carboxylic acids is 1. The zero-order valence-corrected chi connectivity index (χ0v) is 15.3. The van der Waals surface area contributed by atoms with E-state index in [1.54, 1.807) is 4.90 Å². The maximum Gasteiger partial charge on any atom is 0.406 e. The number of primary amides is 1. The summed E-state index contributed by atoms with van der Waals surface area (Å²) in [7, 11) is 0. The van der Waals surface area contributed by atoms with Crippen molar-refractivity contribution in [2.75, 3.05) is 31.2 Å². The van der Waals surface area contributed by atoms with E-state index in [1.807, 2.05) is 0 Å². The highest BCUT2D eigenvalue weighted by atomic mass is 32.2. The highest BCUT2D eigenvalue weighted by Gasteiger charge is 2.34. The number of carbonyl (C=O) groups is 1. The van der Waals surface area contributed by atoms with Crippen molar-refractivity contribution >= 4 is 23.6 Å². The molecular weight excluding hydrogens is 402 g/mol. The van der Waals surface area contributed by atoms with Gasteiger partial charge in [0.2, 0.25) is 11.9 Å². The molecule has 1 amide bonds. The van der Waals surface area contributed by atoms with Crippen molar-refractivity contribution in [3.63, 3.8) is 0 Å². The molecule has 1 atom stereocenters. The van der Waals surface area contributed by atoms with Crippen molar-refractivity contribution in [3.05, 3.63) is 35.6 Å². The molecule has 28 heavy (non-hydrogen) atoms. The molecule has 0 radical (unpaired) electrons. The smallest absolute Gasteiger partial charge is 0.378 e. The van der Waals surface area contributed by atoms with Crippen LogP contribution < -0.4 is 10.6 Å². The van der Waals surface area contributed by atoms with Gasteiger partial charge in [-0.15, -0.1) is 10.2 Å². The van der Waals surface area contributed by atoms with Crippen LogP contribution in [0.3, 0.4) is 0 Å². The largest absolute Gasteiger partial charge is 0.406 e. The molecule has 0 saturated carbocycles. The summed E-state index contributed by atoms with van der Waals surface area (Å²) >= 11 is 0.742. The van der Waals surface area contributed by atoms with Crippen LogP contribution in [0.5, 0.6) is 0 Å². The van der Waals surface area contributed by atoms with Crippen LogP contribution in [-0.4, -0.2) is 53.2 Å². The van der Waals surface area contributed by atoms with Gasteiger partial charge >= 0.3 is 6.18 Å². The molecule has 7 nitrogen and oxygen atoms in total. The monoisotopic (exact) mass is 419 g/mol. The number of hydrogen-bond acceptors (Lipinski definition) is 6. The quantitative estimate of drug-likeness (QED) is 0.570. The minimum absolute atomic E-state index is 0.0467. The first-order valence-electron chi connectivity index (χ1n) is 8.28. The van der Waals surface area contributed by atoms with Gasteiger partial charge in [0, 0.05) is 13.1 Å². The molecule has 2 aromatic rings.